The first-order valence-corrected chi connectivity index (χ1v) is 7.49. The number of carbonyl (C=O) groups excluding carboxylic acids is 1. The molecule has 2 atom stereocenters. The number of aromatic nitrogens is 1. The molecule has 3 rings (SSSR count). The first kappa shape index (κ1) is 14.2. The van der Waals surface area contributed by atoms with Crippen LogP contribution in [0.25, 0.3) is 0 Å². The molecular weight excluding hydrogens is 332 g/mol. The lowest BCUT2D eigenvalue weighted by molar-refractivity contribution is -0.117. The molecule has 2 aromatic rings. The normalized spacial score (nSPS) is 21.2. The number of pyridine rings is 1. The molecule has 1 amide bonds. The Hall–Kier alpha value is -1.76. The van der Waals surface area contributed by atoms with Crippen molar-refractivity contribution in [1.29, 1.82) is 0 Å². The zero-order valence-electron chi connectivity index (χ0n) is 11.2. The summed E-state index contributed by atoms with van der Waals surface area (Å²) in [6, 6.07) is 11.3. The van der Waals surface area contributed by atoms with E-state index in [0.717, 1.165) is 15.7 Å². The van der Waals surface area contributed by atoms with E-state index >= 15 is 0 Å². The molecular formula is C15H15BrN4O. The molecule has 6 heteroatoms. The summed E-state index contributed by atoms with van der Waals surface area (Å²) in [7, 11) is 0. The van der Waals surface area contributed by atoms with E-state index in [9.17, 15) is 4.79 Å². The Bertz CT molecular complexity index is 635. The smallest absolute Gasteiger partial charge is 0.242 e. The molecule has 1 saturated heterocycles. The first-order chi connectivity index (χ1) is 10.2. The Labute approximate surface area is 131 Å². The molecule has 1 aromatic heterocycles. The lowest BCUT2D eigenvalue weighted by Gasteiger charge is -2.11. The van der Waals surface area contributed by atoms with Gasteiger partial charge in [0, 0.05) is 28.6 Å². The zero-order valence-corrected chi connectivity index (χ0v) is 12.8. The van der Waals surface area contributed by atoms with E-state index in [1.807, 2.05) is 42.6 Å². The van der Waals surface area contributed by atoms with Crippen LogP contribution in [0.15, 0.2) is 53.3 Å². The molecule has 0 bridgehead atoms. The Morgan fingerprint density at radius 2 is 2.19 bits per heavy atom. The number of hydrogen-bond acceptors (Lipinski definition) is 4. The highest BCUT2D eigenvalue weighted by Gasteiger charge is 2.30. The second kappa shape index (κ2) is 6.34. The van der Waals surface area contributed by atoms with Gasteiger partial charge in [-0.1, -0.05) is 28.1 Å². The molecule has 0 aliphatic carbocycles. The zero-order chi connectivity index (χ0) is 14.7. The summed E-state index contributed by atoms with van der Waals surface area (Å²) in [6.45, 7) is 0. The van der Waals surface area contributed by atoms with E-state index in [2.05, 4.69) is 37.1 Å². The second-order valence-corrected chi connectivity index (χ2v) is 5.83. The fourth-order valence-corrected chi connectivity index (χ4v) is 2.72. The molecule has 5 nitrogen and oxygen atoms in total. The maximum absolute atomic E-state index is 12.3. The van der Waals surface area contributed by atoms with Gasteiger partial charge in [0.25, 0.3) is 0 Å². The molecule has 1 aliphatic rings. The average Bonchev–Trinajstić information content (AvgIpc) is 2.98. The van der Waals surface area contributed by atoms with E-state index < -0.39 is 0 Å². The minimum Gasteiger partial charge on any atom is -0.325 e. The summed E-state index contributed by atoms with van der Waals surface area (Å²) < 4.78 is 0.936. The van der Waals surface area contributed by atoms with E-state index in [1.54, 1.807) is 6.20 Å². The Morgan fingerprint density at radius 1 is 1.29 bits per heavy atom. The van der Waals surface area contributed by atoms with Gasteiger partial charge in [-0.2, -0.15) is 0 Å². The standard InChI is InChI=1S/C15H15BrN4O/c16-11-4-1-5-12(7-11)18-15(21)14-8-13(19-20-14)10-3-2-6-17-9-10/h1-7,9,13-14,19-20H,8H2,(H,18,21). The molecule has 1 aliphatic heterocycles. The maximum Gasteiger partial charge on any atom is 0.242 e. The number of rotatable bonds is 3. The van der Waals surface area contributed by atoms with Gasteiger partial charge in [-0.25, -0.2) is 10.9 Å². The monoisotopic (exact) mass is 346 g/mol. The molecule has 3 N–H and O–H groups in total. The largest absolute Gasteiger partial charge is 0.325 e. The van der Waals surface area contributed by atoms with Crippen LogP contribution in [0.1, 0.15) is 18.0 Å². The van der Waals surface area contributed by atoms with Gasteiger partial charge in [0.15, 0.2) is 0 Å². The third-order valence-electron chi connectivity index (χ3n) is 3.40. The van der Waals surface area contributed by atoms with Gasteiger partial charge in [0.2, 0.25) is 5.91 Å². The number of carbonyl (C=O) groups is 1. The molecule has 108 valence electrons. The number of hydrazine groups is 1. The van der Waals surface area contributed by atoms with Crippen molar-refractivity contribution in [3.8, 4) is 0 Å². The van der Waals surface area contributed by atoms with Crippen molar-refractivity contribution in [2.24, 2.45) is 0 Å². The van der Waals surface area contributed by atoms with Crippen LogP contribution >= 0.6 is 15.9 Å². The number of nitrogens with zero attached hydrogens (tertiary/aromatic N) is 1. The highest BCUT2D eigenvalue weighted by molar-refractivity contribution is 9.10. The molecule has 1 aromatic carbocycles. The van der Waals surface area contributed by atoms with Gasteiger partial charge in [-0.3, -0.25) is 9.78 Å². The Kier molecular flexibility index (Phi) is 4.28. The lowest BCUT2D eigenvalue weighted by atomic mass is 10.0. The third-order valence-corrected chi connectivity index (χ3v) is 3.89. The van der Waals surface area contributed by atoms with Gasteiger partial charge in [-0.05, 0) is 36.2 Å². The van der Waals surface area contributed by atoms with Gasteiger partial charge < -0.3 is 5.32 Å². The van der Waals surface area contributed by atoms with Crippen LogP contribution in [0.3, 0.4) is 0 Å². The van der Waals surface area contributed by atoms with E-state index in [-0.39, 0.29) is 18.0 Å². The van der Waals surface area contributed by atoms with Gasteiger partial charge in [0.05, 0.1) is 0 Å². The number of benzene rings is 1. The molecule has 1 fully saturated rings. The quantitative estimate of drug-likeness (QED) is 0.798. The predicted octanol–water partition coefficient (Wildman–Crippen LogP) is 2.39. The minimum absolute atomic E-state index is 0.0491. The first-order valence-electron chi connectivity index (χ1n) is 6.70. The third kappa shape index (κ3) is 3.47. The molecule has 2 unspecified atom stereocenters. The van der Waals surface area contributed by atoms with E-state index in [4.69, 9.17) is 0 Å². The van der Waals surface area contributed by atoms with E-state index in [0.29, 0.717) is 6.42 Å². The Balaban J connectivity index is 1.62. The number of anilines is 1. The topological polar surface area (TPSA) is 66.0 Å². The summed E-state index contributed by atoms with van der Waals surface area (Å²) in [5.41, 5.74) is 8.03. The Morgan fingerprint density at radius 3 is 2.95 bits per heavy atom. The van der Waals surface area contributed by atoms with Crippen LogP contribution in [0.4, 0.5) is 5.69 Å². The second-order valence-electron chi connectivity index (χ2n) is 4.92. The minimum atomic E-state index is -0.269. The molecule has 0 saturated carbocycles. The predicted molar refractivity (Wildman–Crippen MR) is 84.4 cm³/mol. The van der Waals surface area contributed by atoms with Gasteiger partial charge in [0.1, 0.15) is 6.04 Å². The average molecular weight is 347 g/mol. The van der Waals surface area contributed by atoms with Crippen molar-refractivity contribution < 1.29 is 4.79 Å². The fourth-order valence-electron chi connectivity index (χ4n) is 2.32. The van der Waals surface area contributed by atoms with Crippen molar-refractivity contribution in [2.75, 3.05) is 5.32 Å². The van der Waals surface area contributed by atoms with Crippen LogP contribution < -0.4 is 16.2 Å². The van der Waals surface area contributed by atoms with Crippen molar-refractivity contribution >= 4 is 27.5 Å². The van der Waals surface area contributed by atoms with E-state index in [1.165, 1.54) is 0 Å². The van der Waals surface area contributed by atoms with Crippen molar-refractivity contribution in [2.45, 2.75) is 18.5 Å². The summed E-state index contributed by atoms with van der Waals surface area (Å²) in [6.07, 6.45) is 4.24. The summed E-state index contributed by atoms with van der Waals surface area (Å²) in [4.78, 5) is 16.4. The van der Waals surface area contributed by atoms with Crippen LogP contribution in [0.2, 0.25) is 0 Å². The van der Waals surface area contributed by atoms with Crippen molar-refractivity contribution in [3.63, 3.8) is 0 Å². The SMILES string of the molecule is O=C(Nc1cccc(Br)c1)C1CC(c2cccnc2)NN1. The highest BCUT2D eigenvalue weighted by atomic mass is 79.9. The molecule has 0 spiro atoms. The van der Waals surface area contributed by atoms with Crippen LogP contribution in [0, 0.1) is 0 Å². The molecule has 21 heavy (non-hydrogen) atoms. The number of halogens is 1. The lowest BCUT2D eigenvalue weighted by Crippen LogP contribution is -2.39. The highest BCUT2D eigenvalue weighted by Crippen LogP contribution is 2.22. The number of hydrogen-bond donors (Lipinski definition) is 3. The van der Waals surface area contributed by atoms with Crippen LogP contribution in [-0.4, -0.2) is 16.9 Å². The summed E-state index contributed by atoms with van der Waals surface area (Å²) in [5.74, 6) is -0.0491. The molecule has 0 radical (unpaired) electrons. The van der Waals surface area contributed by atoms with Gasteiger partial charge in [-0.15, -0.1) is 0 Å². The maximum atomic E-state index is 12.3. The van der Waals surface area contributed by atoms with Crippen LogP contribution in [-0.2, 0) is 4.79 Å². The van der Waals surface area contributed by atoms with Crippen molar-refractivity contribution in [3.05, 3.63) is 58.8 Å². The summed E-state index contributed by atoms with van der Waals surface area (Å²) in [5, 5.41) is 2.91. The number of amides is 1. The molecule has 2 heterocycles. The van der Waals surface area contributed by atoms with Crippen LogP contribution in [0.5, 0.6) is 0 Å². The summed E-state index contributed by atoms with van der Waals surface area (Å²) >= 11 is 3.39. The van der Waals surface area contributed by atoms with Crippen molar-refractivity contribution in [1.82, 2.24) is 15.8 Å². The fraction of sp³-hybridized carbons (Fsp3) is 0.200. The number of nitrogens with one attached hydrogen (secondary N) is 3. The van der Waals surface area contributed by atoms with Gasteiger partial charge >= 0.3 is 0 Å².